The molecule has 1 aliphatic heterocycles. The average molecular weight is 233 g/mol. The SMILES string of the molecule is Cc1ccc(C)c(NCC2CN(C)CCN2)c1. The van der Waals surface area contributed by atoms with E-state index in [1.54, 1.807) is 0 Å². The molecule has 1 fully saturated rings. The molecule has 0 spiro atoms. The van der Waals surface area contributed by atoms with Gasteiger partial charge in [0, 0.05) is 37.9 Å². The van der Waals surface area contributed by atoms with E-state index in [4.69, 9.17) is 0 Å². The Labute approximate surface area is 104 Å². The number of likely N-dealkylation sites (N-methyl/N-ethyl adjacent to an activating group) is 1. The standard InChI is InChI=1S/C14H23N3/c1-11-4-5-12(2)14(8-11)16-9-13-10-17(3)7-6-15-13/h4-5,8,13,15-16H,6-7,9-10H2,1-3H3. The minimum Gasteiger partial charge on any atom is -0.383 e. The van der Waals surface area contributed by atoms with Crippen LogP contribution in [0, 0.1) is 13.8 Å². The highest BCUT2D eigenvalue weighted by Crippen LogP contribution is 2.16. The van der Waals surface area contributed by atoms with Gasteiger partial charge in [-0.25, -0.2) is 0 Å². The molecule has 0 aliphatic carbocycles. The van der Waals surface area contributed by atoms with Crippen LogP contribution in [-0.2, 0) is 0 Å². The lowest BCUT2D eigenvalue weighted by Gasteiger charge is -2.31. The van der Waals surface area contributed by atoms with Crippen LogP contribution in [0.25, 0.3) is 0 Å². The van der Waals surface area contributed by atoms with Crippen molar-refractivity contribution in [3.8, 4) is 0 Å². The maximum Gasteiger partial charge on any atom is 0.0373 e. The van der Waals surface area contributed by atoms with Gasteiger partial charge in [0.2, 0.25) is 0 Å². The number of rotatable bonds is 3. The van der Waals surface area contributed by atoms with Crippen molar-refractivity contribution in [2.24, 2.45) is 0 Å². The van der Waals surface area contributed by atoms with Crippen molar-refractivity contribution in [3.05, 3.63) is 29.3 Å². The van der Waals surface area contributed by atoms with E-state index in [2.05, 4.69) is 54.6 Å². The maximum absolute atomic E-state index is 3.55. The minimum atomic E-state index is 0.550. The summed E-state index contributed by atoms with van der Waals surface area (Å²) in [5.74, 6) is 0. The Morgan fingerprint density at radius 2 is 2.24 bits per heavy atom. The summed E-state index contributed by atoms with van der Waals surface area (Å²) in [4.78, 5) is 2.38. The molecular formula is C14H23N3. The summed E-state index contributed by atoms with van der Waals surface area (Å²) in [5, 5.41) is 7.10. The van der Waals surface area contributed by atoms with E-state index >= 15 is 0 Å². The molecule has 1 heterocycles. The highest BCUT2D eigenvalue weighted by Gasteiger charge is 2.15. The molecule has 1 aromatic carbocycles. The van der Waals surface area contributed by atoms with Gasteiger partial charge in [0.25, 0.3) is 0 Å². The van der Waals surface area contributed by atoms with E-state index in [-0.39, 0.29) is 0 Å². The number of nitrogens with zero attached hydrogens (tertiary/aromatic N) is 1. The van der Waals surface area contributed by atoms with Crippen LogP contribution in [0.3, 0.4) is 0 Å². The third-order valence-electron chi connectivity index (χ3n) is 3.39. The van der Waals surface area contributed by atoms with Crippen molar-refractivity contribution in [2.75, 3.05) is 38.5 Å². The van der Waals surface area contributed by atoms with Crippen LogP contribution in [0.15, 0.2) is 18.2 Å². The highest BCUT2D eigenvalue weighted by molar-refractivity contribution is 5.52. The highest BCUT2D eigenvalue weighted by atomic mass is 15.2. The summed E-state index contributed by atoms with van der Waals surface area (Å²) in [5.41, 5.74) is 3.90. The predicted molar refractivity (Wildman–Crippen MR) is 73.7 cm³/mol. The van der Waals surface area contributed by atoms with Crippen molar-refractivity contribution >= 4 is 5.69 Å². The molecule has 0 aromatic heterocycles. The van der Waals surface area contributed by atoms with Gasteiger partial charge in [-0.2, -0.15) is 0 Å². The third-order valence-corrected chi connectivity index (χ3v) is 3.39. The van der Waals surface area contributed by atoms with Crippen LogP contribution in [0.5, 0.6) is 0 Å². The van der Waals surface area contributed by atoms with E-state index in [1.807, 2.05) is 0 Å². The Bertz CT molecular complexity index is 376. The van der Waals surface area contributed by atoms with Gasteiger partial charge in [-0.3, -0.25) is 0 Å². The first kappa shape index (κ1) is 12.4. The first-order valence-corrected chi connectivity index (χ1v) is 6.38. The summed E-state index contributed by atoms with van der Waals surface area (Å²) in [6.45, 7) is 8.65. The fourth-order valence-electron chi connectivity index (χ4n) is 2.29. The Morgan fingerprint density at radius 1 is 1.41 bits per heavy atom. The molecule has 0 bridgehead atoms. The molecule has 1 unspecified atom stereocenters. The van der Waals surface area contributed by atoms with Gasteiger partial charge < -0.3 is 15.5 Å². The average Bonchev–Trinajstić information content (AvgIpc) is 2.30. The zero-order valence-corrected chi connectivity index (χ0v) is 11.1. The van der Waals surface area contributed by atoms with Crippen LogP contribution in [0.1, 0.15) is 11.1 Å². The van der Waals surface area contributed by atoms with E-state index in [1.165, 1.54) is 16.8 Å². The first-order valence-electron chi connectivity index (χ1n) is 6.38. The zero-order chi connectivity index (χ0) is 12.3. The molecule has 0 radical (unpaired) electrons. The van der Waals surface area contributed by atoms with Gasteiger partial charge in [0.15, 0.2) is 0 Å². The van der Waals surface area contributed by atoms with Crippen LogP contribution in [0.2, 0.25) is 0 Å². The van der Waals surface area contributed by atoms with E-state index in [0.29, 0.717) is 6.04 Å². The minimum absolute atomic E-state index is 0.550. The lowest BCUT2D eigenvalue weighted by Crippen LogP contribution is -2.51. The smallest absolute Gasteiger partial charge is 0.0373 e. The summed E-state index contributed by atoms with van der Waals surface area (Å²) in [7, 11) is 2.19. The Kier molecular flexibility index (Phi) is 4.02. The lowest BCUT2D eigenvalue weighted by atomic mass is 10.1. The molecule has 1 atom stereocenters. The molecule has 2 N–H and O–H groups in total. The Hall–Kier alpha value is -1.06. The van der Waals surface area contributed by atoms with Crippen LogP contribution < -0.4 is 10.6 Å². The van der Waals surface area contributed by atoms with Crippen molar-refractivity contribution in [1.29, 1.82) is 0 Å². The second kappa shape index (κ2) is 5.52. The van der Waals surface area contributed by atoms with E-state index in [9.17, 15) is 0 Å². The van der Waals surface area contributed by atoms with E-state index in [0.717, 1.165) is 26.2 Å². The van der Waals surface area contributed by atoms with Crippen LogP contribution >= 0.6 is 0 Å². The second-order valence-corrected chi connectivity index (χ2v) is 5.11. The number of anilines is 1. The number of aryl methyl sites for hydroxylation is 2. The lowest BCUT2D eigenvalue weighted by molar-refractivity contribution is 0.244. The molecular weight excluding hydrogens is 210 g/mol. The summed E-state index contributed by atoms with van der Waals surface area (Å²) < 4.78 is 0. The fourth-order valence-corrected chi connectivity index (χ4v) is 2.29. The Morgan fingerprint density at radius 3 is 3.00 bits per heavy atom. The summed E-state index contributed by atoms with van der Waals surface area (Å²) in [6, 6.07) is 7.11. The number of hydrogen-bond acceptors (Lipinski definition) is 3. The Balaban J connectivity index is 1.90. The topological polar surface area (TPSA) is 27.3 Å². The molecule has 17 heavy (non-hydrogen) atoms. The maximum atomic E-state index is 3.55. The van der Waals surface area contributed by atoms with Crippen LogP contribution in [-0.4, -0.2) is 44.2 Å². The molecule has 0 saturated carbocycles. The molecule has 0 amide bonds. The van der Waals surface area contributed by atoms with Gasteiger partial charge in [-0.1, -0.05) is 12.1 Å². The van der Waals surface area contributed by atoms with Crippen molar-refractivity contribution in [1.82, 2.24) is 10.2 Å². The number of nitrogens with one attached hydrogen (secondary N) is 2. The van der Waals surface area contributed by atoms with Crippen LogP contribution in [0.4, 0.5) is 5.69 Å². The molecule has 3 heteroatoms. The van der Waals surface area contributed by atoms with Gasteiger partial charge in [0.1, 0.15) is 0 Å². The zero-order valence-electron chi connectivity index (χ0n) is 11.1. The molecule has 1 saturated heterocycles. The summed E-state index contributed by atoms with van der Waals surface area (Å²) >= 11 is 0. The monoisotopic (exact) mass is 233 g/mol. The second-order valence-electron chi connectivity index (χ2n) is 5.11. The van der Waals surface area contributed by atoms with Crippen molar-refractivity contribution in [2.45, 2.75) is 19.9 Å². The van der Waals surface area contributed by atoms with Crippen molar-refractivity contribution in [3.63, 3.8) is 0 Å². The number of benzene rings is 1. The number of hydrogen-bond donors (Lipinski definition) is 2. The first-order chi connectivity index (χ1) is 8.15. The number of piperazine rings is 1. The quantitative estimate of drug-likeness (QED) is 0.831. The van der Waals surface area contributed by atoms with E-state index < -0.39 is 0 Å². The third kappa shape index (κ3) is 3.45. The largest absolute Gasteiger partial charge is 0.383 e. The van der Waals surface area contributed by atoms with Gasteiger partial charge in [0.05, 0.1) is 0 Å². The normalized spacial score (nSPS) is 21.5. The summed E-state index contributed by atoms with van der Waals surface area (Å²) in [6.07, 6.45) is 0. The van der Waals surface area contributed by atoms with Gasteiger partial charge in [-0.05, 0) is 38.1 Å². The van der Waals surface area contributed by atoms with Crippen molar-refractivity contribution < 1.29 is 0 Å². The molecule has 2 rings (SSSR count). The fraction of sp³-hybridized carbons (Fsp3) is 0.571. The molecule has 3 nitrogen and oxygen atoms in total. The van der Waals surface area contributed by atoms with Gasteiger partial charge in [-0.15, -0.1) is 0 Å². The van der Waals surface area contributed by atoms with Gasteiger partial charge >= 0.3 is 0 Å². The predicted octanol–water partition coefficient (Wildman–Crippen LogP) is 1.62. The molecule has 1 aliphatic rings. The molecule has 94 valence electrons. The molecule has 1 aromatic rings.